The predicted octanol–water partition coefficient (Wildman–Crippen LogP) is 4.27. The summed E-state index contributed by atoms with van der Waals surface area (Å²) in [5, 5.41) is 0. The molecule has 24 heavy (non-hydrogen) atoms. The lowest BCUT2D eigenvalue weighted by Crippen LogP contribution is -2.37. The molecular weight excluding hydrogens is 302 g/mol. The van der Waals surface area contributed by atoms with Gasteiger partial charge in [-0.2, -0.15) is 0 Å². The third kappa shape index (κ3) is 3.27. The summed E-state index contributed by atoms with van der Waals surface area (Å²) in [6, 6.07) is 17.9. The second kappa shape index (κ2) is 6.96. The summed E-state index contributed by atoms with van der Waals surface area (Å²) in [7, 11) is 0. The summed E-state index contributed by atoms with van der Waals surface area (Å²) < 4.78 is 5.43. The van der Waals surface area contributed by atoms with Gasteiger partial charge in [0, 0.05) is 18.2 Å². The van der Waals surface area contributed by atoms with Gasteiger partial charge < -0.3 is 4.74 Å². The zero-order chi connectivity index (χ0) is 16.9. The summed E-state index contributed by atoms with van der Waals surface area (Å²) >= 11 is 0. The van der Waals surface area contributed by atoms with E-state index < -0.39 is 12.1 Å². The Labute approximate surface area is 140 Å². The van der Waals surface area contributed by atoms with Crippen molar-refractivity contribution in [3.05, 3.63) is 90.7 Å². The van der Waals surface area contributed by atoms with Gasteiger partial charge in [0.1, 0.15) is 5.75 Å². The molecule has 2 aromatic carbocycles. The van der Waals surface area contributed by atoms with E-state index in [0.29, 0.717) is 11.3 Å². The Hall–Kier alpha value is -3.14. The Bertz CT molecular complexity index is 781. The van der Waals surface area contributed by atoms with Gasteiger partial charge in [0.05, 0.1) is 6.04 Å². The molecule has 0 saturated heterocycles. The Morgan fingerprint density at radius 1 is 1.08 bits per heavy atom. The van der Waals surface area contributed by atoms with E-state index in [9.17, 15) is 9.59 Å². The second-order valence-electron chi connectivity index (χ2n) is 5.43. The maximum Gasteiger partial charge on any atom is 0.419 e. The van der Waals surface area contributed by atoms with Crippen molar-refractivity contribution in [1.29, 1.82) is 0 Å². The lowest BCUT2D eigenvalue weighted by molar-refractivity contribution is -0.116. The molecule has 120 valence electrons. The number of hydrogen-bond acceptors (Lipinski definition) is 3. The molecule has 0 spiro atoms. The van der Waals surface area contributed by atoms with Crippen LogP contribution in [0.15, 0.2) is 85.1 Å². The second-order valence-corrected chi connectivity index (χ2v) is 5.43. The maximum atomic E-state index is 12.6. The zero-order valence-corrected chi connectivity index (χ0v) is 13.1. The van der Waals surface area contributed by atoms with Crippen LogP contribution in [0.5, 0.6) is 5.75 Å². The lowest BCUT2D eigenvalue weighted by atomic mass is 9.94. The van der Waals surface area contributed by atoms with E-state index in [1.165, 1.54) is 17.2 Å². The minimum atomic E-state index is -0.526. The monoisotopic (exact) mass is 319 g/mol. The van der Waals surface area contributed by atoms with Crippen molar-refractivity contribution in [1.82, 2.24) is 4.90 Å². The van der Waals surface area contributed by atoms with Crippen LogP contribution in [0.25, 0.3) is 0 Å². The van der Waals surface area contributed by atoms with E-state index in [1.54, 1.807) is 24.3 Å². The molecule has 0 radical (unpaired) electrons. The van der Waals surface area contributed by atoms with Gasteiger partial charge in [-0.1, -0.05) is 61.2 Å². The lowest BCUT2D eigenvalue weighted by Gasteiger charge is -2.32. The van der Waals surface area contributed by atoms with Gasteiger partial charge in [-0.05, 0) is 17.7 Å². The number of Topliss-reactive ketones (excluding diaryl/α,β-unsaturated/α-hetero) is 1. The van der Waals surface area contributed by atoms with Crippen LogP contribution in [0.4, 0.5) is 4.79 Å². The van der Waals surface area contributed by atoms with Crippen LogP contribution in [0.2, 0.25) is 0 Å². The molecule has 3 rings (SSSR count). The molecule has 4 heteroatoms. The molecule has 1 heterocycles. The molecule has 1 amide bonds. The number of nitrogens with zero attached hydrogens (tertiary/aromatic N) is 1. The Balaban J connectivity index is 1.93. The number of ketones is 1. The van der Waals surface area contributed by atoms with E-state index in [2.05, 4.69) is 6.58 Å². The molecule has 1 aliphatic heterocycles. The predicted molar refractivity (Wildman–Crippen MR) is 91.4 cm³/mol. The largest absolute Gasteiger partial charge is 0.419 e. The molecule has 0 aliphatic carbocycles. The summed E-state index contributed by atoms with van der Waals surface area (Å²) in [6.45, 7) is 3.64. The number of allylic oxidation sites excluding steroid dienone is 2. The summed E-state index contributed by atoms with van der Waals surface area (Å²) in [5.74, 6) is 0.419. The van der Waals surface area contributed by atoms with E-state index in [0.717, 1.165) is 5.56 Å². The first-order chi connectivity index (χ1) is 11.7. The topological polar surface area (TPSA) is 46.6 Å². The van der Waals surface area contributed by atoms with Gasteiger partial charge >= 0.3 is 6.09 Å². The van der Waals surface area contributed by atoms with Crippen LogP contribution in [0.1, 0.15) is 18.0 Å². The molecule has 1 aliphatic rings. The van der Waals surface area contributed by atoms with Crippen molar-refractivity contribution >= 4 is 11.9 Å². The van der Waals surface area contributed by atoms with E-state index in [4.69, 9.17) is 4.74 Å². The van der Waals surface area contributed by atoms with Crippen LogP contribution < -0.4 is 4.74 Å². The first-order valence-corrected chi connectivity index (χ1v) is 7.66. The molecule has 0 N–H and O–H groups in total. The normalized spacial score (nSPS) is 17.2. The molecule has 1 unspecified atom stereocenters. The zero-order valence-electron chi connectivity index (χ0n) is 13.1. The van der Waals surface area contributed by atoms with Gasteiger partial charge in [-0.3, -0.25) is 9.69 Å². The SMILES string of the molecule is C=CC1=CN(C(=O)Oc2ccccc2)C(c2ccccc2)CC1=O. The van der Waals surface area contributed by atoms with Crippen LogP contribution in [0.3, 0.4) is 0 Å². The van der Waals surface area contributed by atoms with Crippen molar-refractivity contribution in [2.45, 2.75) is 12.5 Å². The summed E-state index contributed by atoms with van der Waals surface area (Å²) in [6.07, 6.45) is 2.65. The number of ether oxygens (including phenoxy) is 1. The number of carbonyl (C=O) groups is 2. The molecule has 4 nitrogen and oxygen atoms in total. The molecule has 2 aromatic rings. The van der Waals surface area contributed by atoms with Crippen molar-refractivity contribution in [2.75, 3.05) is 0 Å². The van der Waals surface area contributed by atoms with Crippen LogP contribution >= 0.6 is 0 Å². The van der Waals surface area contributed by atoms with Crippen molar-refractivity contribution in [3.63, 3.8) is 0 Å². The number of benzene rings is 2. The summed E-state index contributed by atoms with van der Waals surface area (Å²) in [5.41, 5.74) is 1.29. The van der Waals surface area contributed by atoms with Crippen LogP contribution in [-0.4, -0.2) is 16.8 Å². The number of hydrogen-bond donors (Lipinski definition) is 0. The number of para-hydroxylation sites is 1. The first-order valence-electron chi connectivity index (χ1n) is 7.66. The molecule has 0 bridgehead atoms. The van der Waals surface area contributed by atoms with Gasteiger partial charge in [0.25, 0.3) is 0 Å². The Kier molecular flexibility index (Phi) is 4.57. The highest BCUT2D eigenvalue weighted by Crippen LogP contribution is 2.32. The minimum Gasteiger partial charge on any atom is -0.410 e. The van der Waals surface area contributed by atoms with Gasteiger partial charge in [-0.25, -0.2) is 4.79 Å². The van der Waals surface area contributed by atoms with Crippen LogP contribution in [0, 0.1) is 0 Å². The molecule has 1 atom stereocenters. The van der Waals surface area contributed by atoms with E-state index >= 15 is 0 Å². The van der Waals surface area contributed by atoms with Crippen molar-refractivity contribution in [2.24, 2.45) is 0 Å². The first kappa shape index (κ1) is 15.7. The van der Waals surface area contributed by atoms with Gasteiger partial charge in [0.2, 0.25) is 0 Å². The quantitative estimate of drug-likeness (QED) is 0.848. The number of carbonyl (C=O) groups excluding carboxylic acids is 2. The van der Waals surface area contributed by atoms with Crippen molar-refractivity contribution in [3.8, 4) is 5.75 Å². The maximum absolute atomic E-state index is 12.6. The standard InChI is InChI=1S/C20H17NO3/c1-2-15-14-21(20(23)24-17-11-7-4-8-12-17)18(13-19(15)22)16-9-5-3-6-10-16/h2-12,14,18H,1,13H2. The van der Waals surface area contributed by atoms with Crippen LogP contribution in [-0.2, 0) is 4.79 Å². The molecule has 0 fully saturated rings. The molecular formula is C20H17NO3. The number of rotatable bonds is 3. The van der Waals surface area contributed by atoms with E-state index in [-0.39, 0.29) is 12.2 Å². The molecule has 0 aromatic heterocycles. The highest BCUT2D eigenvalue weighted by Gasteiger charge is 2.32. The average Bonchev–Trinajstić information content (AvgIpc) is 2.63. The highest BCUT2D eigenvalue weighted by atomic mass is 16.6. The van der Waals surface area contributed by atoms with Crippen molar-refractivity contribution < 1.29 is 14.3 Å². The van der Waals surface area contributed by atoms with Gasteiger partial charge in [-0.15, -0.1) is 0 Å². The average molecular weight is 319 g/mol. The fourth-order valence-corrected chi connectivity index (χ4v) is 2.65. The molecule has 0 saturated carbocycles. The Morgan fingerprint density at radius 3 is 2.33 bits per heavy atom. The van der Waals surface area contributed by atoms with Gasteiger partial charge in [0.15, 0.2) is 5.78 Å². The third-order valence-electron chi connectivity index (χ3n) is 3.88. The summed E-state index contributed by atoms with van der Waals surface area (Å²) in [4.78, 5) is 26.3. The number of amides is 1. The van der Waals surface area contributed by atoms with E-state index in [1.807, 2.05) is 36.4 Å². The fourth-order valence-electron chi connectivity index (χ4n) is 2.65. The third-order valence-corrected chi connectivity index (χ3v) is 3.88. The highest BCUT2D eigenvalue weighted by molar-refractivity contribution is 6.00. The smallest absolute Gasteiger partial charge is 0.410 e. The minimum absolute atomic E-state index is 0.0392. The Morgan fingerprint density at radius 2 is 1.71 bits per heavy atom. The fraction of sp³-hybridized carbons (Fsp3) is 0.100.